The first-order valence-corrected chi connectivity index (χ1v) is 11.2. The number of hydrogen-bond donors (Lipinski definition) is 0. The Morgan fingerprint density at radius 2 is 1.77 bits per heavy atom. The van der Waals surface area contributed by atoms with Gasteiger partial charge in [-0.25, -0.2) is 14.0 Å². The van der Waals surface area contributed by atoms with Crippen molar-refractivity contribution in [3.8, 4) is 0 Å². The number of ether oxygens (including phenoxy) is 2. The Hall–Kier alpha value is -4.20. The second-order valence-electron chi connectivity index (χ2n) is 8.09. The molecule has 8 heteroatoms. The van der Waals surface area contributed by atoms with Gasteiger partial charge in [0.25, 0.3) is 5.91 Å². The van der Waals surface area contributed by atoms with Crippen molar-refractivity contribution in [3.63, 3.8) is 0 Å². The molecule has 4 rings (SSSR count). The van der Waals surface area contributed by atoms with Crippen LogP contribution in [0.1, 0.15) is 24.0 Å². The lowest BCUT2D eigenvalue weighted by molar-refractivity contribution is -0.138. The zero-order chi connectivity index (χ0) is 24.9. The Kier molecular flexibility index (Phi) is 7.10. The predicted molar refractivity (Wildman–Crippen MR) is 128 cm³/mol. The van der Waals surface area contributed by atoms with Crippen molar-refractivity contribution in [2.24, 2.45) is 0 Å². The summed E-state index contributed by atoms with van der Waals surface area (Å²) in [6.45, 7) is 0.568. The number of esters is 2. The third kappa shape index (κ3) is 5.01. The van der Waals surface area contributed by atoms with Crippen molar-refractivity contribution in [1.82, 2.24) is 4.90 Å². The Balaban J connectivity index is 1.98. The summed E-state index contributed by atoms with van der Waals surface area (Å²) in [7, 11) is 2.50. The number of rotatable bonds is 4. The van der Waals surface area contributed by atoms with Crippen molar-refractivity contribution in [2.45, 2.75) is 19.4 Å². The second-order valence-corrected chi connectivity index (χ2v) is 8.09. The Labute approximate surface area is 202 Å². The van der Waals surface area contributed by atoms with Gasteiger partial charge in [0.1, 0.15) is 11.4 Å². The molecule has 35 heavy (non-hydrogen) atoms. The van der Waals surface area contributed by atoms with Crippen molar-refractivity contribution in [2.75, 3.05) is 25.7 Å². The molecule has 0 fully saturated rings. The van der Waals surface area contributed by atoms with E-state index in [2.05, 4.69) is 0 Å². The van der Waals surface area contributed by atoms with E-state index in [9.17, 15) is 18.8 Å². The van der Waals surface area contributed by atoms with E-state index in [1.54, 1.807) is 17.1 Å². The molecule has 0 saturated heterocycles. The fourth-order valence-electron chi connectivity index (χ4n) is 4.14. The summed E-state index contributed by atoms with van der Waals surface area (Å²) >= 11 is 0. The number of carbonyl (C=O) groups excluding carboxylic acids is 3. The molecule has 7 nitrogen and oxygen atoms in total. The highest BCUT2D eigenvalue weighted by Crippen LogP contribution is 2.37. The molecule has 0 spiro atoms. The zero-order valence-electron chi connectivity index (χ0n) is 19.5. The van der Waals surface area contributed by atoms with Gasteiger partial charge in [0.05, 0.1) is 37.7 Å². The molecule has 180 valence electrons. The van der Waals surface area contributed by atoms with Crippen LogP contribution in [0.2, 0.25) is 0 Å². The number of allylic oxidation sites excluding steroid dienone is 1. The molecule has 2 aliphatic heterocycles. The third-order valence-electron chi connectivity index (χ3n) is 5.86. The number of fused-ring (bicyclic) bond motifs is 3. The van der Waals surface area contributed by atoms with Gasteiger partial charge in [-0.2, -0.15) is 0 Å². The maximum Gasteiger partial charge on any atom is 0.345 e. The summed E-state index contributed by atoms with van der Waals surface area (Å²) in [5, 5.41) is 0. The number of halogens is 1. The summed E-state index contributed by atoms with van der Waals surface area (Å²) in [6, 6.07) is 13.4. The number of hydrogen-bond acceptors (Lipinski definition) is 6. The average Bonchev–Trinajstić information content (AvgIpc) is 2.86. The molecule has 0 atom stereocenters. The van der Waals surface area contributed by atoms with Gasteiger partial charge in [0.2, 0.25) is 0 Å². The van der Waals surface area contributed by atoms with Crippen LogP contribution in [0.5, 0.6) is 0 Å². The van der Waals surface area contributed by atoms with E-state index in [0.29, 0.717) is 41.9 Å². The van der Waals surface area contributed by atoms with Gasteiger partial charge in [-0.3, -0.25) is 4.79 Å². The maximum absolute atomic E-state index is 14.6. The summed E-state index contributed by atoms with van der Waals surface area (Å²) in [5.74, 6) is -2.39. The first-order valence-electron chi connectivity index (χ1n) is 11.2. The van der Waals surface area contributed by atoms with Crippen LogP contribution in [-0.2, 0) is 30.4 Å². The van der Waals surface area contributed by atoms with E-state index < -0.39 is 23.7 Å². The molecule has 0 radical (unpaired) electrons. The van der Waals surface area contributed by atoms with Crippen molar-refractivity contribution in [3.05, 3.63) is 95.0 Å². The van der Waals surface area contributed by atoms with Gasteiger partial charge in [0, 0.05) is 18.3 Å². The molecule has 0 bridgehead atoms. The summed E-state index contributed by atoms with van der Waals surface area (Å²) < 4.78 is 24.4. The monoisotopic (exact) mass is 476 g/mol. The van der Waals surface area contributed by atoms with Crippen LogP contribution in [0, 0.1) is 5.82 Å². The standard InChI is InChI=1S/C27H25FN2O5/c1-34-26(32)19-10-6-7-13-29-17-22(27(33)35-2)25(31)30(16-18-8-4-3-5-9-18)23-12-11-20(28)15-21(23)24(29)14-19/h3-5,8-12,14-15,17H,6-7,13,16H2,1-2H3/b19-10+,22-17+,24-14-. The zero-order valence-corrected chi connectivity index (χ0v) is 19.5. The van der Waals surface area contributed by atoms with Gasteiger partial charge in [0.15, 0.2) is 0 Å². The third-order valence-corrected chi connectivity index (χ3v) is 5.86. The van der Waals surface area contributed by atoms with Gasteiger partial charge < -0.3 is 19.3 Å². The van der Waals surface area contributed by atoms with Crippen molar-refractivity contribution < 1.29 is 28.2 Å². The fraction of sp³-hybridized carbons (Fsp3) is 0.222. The smallest absolute Gasteiger partial charge is 0.345 e. The van der Waals surface area contributed by atoms with Crippen LogP contribution in [0.4, 0.5) is 10.1 Å². The van der Waals surface area contributed by atoms with E-state index in [1.807, 2.05) is 30.3 Å². The molecule has 2 aliphatic rings. The predicted octanol–water partition coefficient (Wildman–Crippen LogP) is 3.97. The SMILES string of the molecule is COC(=O)C1=C/CCCN2/C=C(/C(=O)OC)C(=O)N(Cc3ccccc3)c3ccc(F)cc3\C2=C\1. The maximum atomic E-state index is 14.6. The fourth-order valence-corrected chi connectivity index (χ4v) is 4.14. The molecule has 2 aromatic carbocycles. The number of methoxy groups -OCH3 is 2. The highest BCUT2D eigenvalue weighted by molar-refractivity contribution is 6.22. The minimum absolute atomic E-state index is 0.139. The number of carbonyl (C=O) groups is 3. The van der Waals surface area contributed by atoms with Gasteiger partial charge >= 0.3 is 11.9 Å². The van der Waals surface area contributed by atoms with Gasteiger partial charge in [-0.1, -0.05) is 36.4 Å². The number of nitrogens with zero attached hydrogens (tertiary/aromatic N) is 2. The number of anilines is 1. The molecular formula is C27H25FN2O5. The topological polar surface area (TPSA) is 76.1 Å². The van der Waals surface area contributed by atoms with Crippen molar-refractivity contribution in [1.29, 1.82) is 0 Å². The Morgan fingerprint density at radius 3 is 2.49 bits per heavy atom. The number of benzene rings is 2. The summed E-state index contributed by atoms with van der Waals surface area (Å²) in [4.78, 5) is 42.0. The Morgan fingerprint density at radius 1 is 1.03 bits per heavy atom. The minimum atomic E-state index is -0.788. The van der Waals surface area contributed by atoms with Crippen LogP contribution in [0.25, 0.3) is 5.70 Å². The molecule has 0 aromatic heterocycles. The van der Waals surface area contributed by atoms with Crippen LogP contribution in [0.3, 0.4) is 0 Å². The lowest BCUT2D eigenvalue weighted by Crippen LogP contribution is -2.38. The van der Waals surface area contributed by atoms with Crippen LogP contribution >= 0.6 is 0 Å². The van der Waals surface area contributed by atoms with E-state index >= 15 is 0 Å². The van der Waals surface area contributed by atoms with Gasteiger partial charge in [-0.05, 0) is 42.7 Å². The van der Waals surface area contributed by atoms with Gasteiger partial charge in [-0.15, -0.1) is 0 Å². The van der Waals surface area contributed by atoms with E-state index in [1.165, 1.54) is 43.5 Å². The second kappa shape index (κ2) is 10.4. The summed E-state index contributed by atoms with van der Waals surface area (Å²) in [6.07, 6.45) is 5.99. The highest BCUT2D eigenvalue weighted by Gasteiger charge is 2.33. The van der Waals surface area contributed by atoms with E-state index in [4.69, 9.17) is 9.47 Å². The van der Waals surface area contributed by atoms with E-state index in [0.717, 1.165) is 5.56 Å². The largest absolute Gasteiger partial charge is 0.465 e. The normalized spacial score (nSPS) is 20.2. The first-order chi connectivity index (χ1) is 16.9. The lowest BCUT2D eigenvalue weighted by atomic mass is 9.99. The quantitative estimate of drug-likeness (QED) is 0.491. The summed E-state index contributed by atoms with van der Waals surface area (Å²) in [5.41, 5.74) is 2.22. The first kappa shape index (κ1) is 23.9. The number of amides is 1. The van der Waals surface area contributed by atoms with Crippen LogP contribution in [0.15, 0.2) is 78.0 Å². The molecule has 2 heterocycles. The Bertz CT molecular complexity index is 1250. The van der Waals surface area contributed by atoms with Crippen LogP contribution in [-0.4, -0.2) is 43.5 Å². The molecule has 0 saturated carbocycles. The molecular weight excluding hydrogens is 451 g/mol. The van der Waals surface area contributed by atoms with E-state index in [-0.39, 0.29) is 12.1 Å². The highest BCUT2D eigenvalue weighted by atomic mass is 19.1. The average molecular weight is 477 g/mol. The molecule has 0 N–H and O–H groups in total. The van der Waals surface area contributed by atoms with Crippen molar-refractivity contribution >= 4 is 29.2 Å². The molecule has 0 aliphatic carbocycles. The molecule has 1 amide bonds. The lowest BCUT2D eigenvalue weighted by Gasteiger charge is -2.34. The molecule has 0 unspecified atom stereocenters. The van der Waals surface area contributed by atoms with Crippen LogP contribution < -0.4 is 4.90 Å². The molecule has 2 aromatic rings. The minimum Gasteiger partial charge on any atom is -0.465 e.